The molecule has 0 aliphatic carbocycles. The van der Waals surface area contributed by atoms with Crippen molar-refractivity contribution in [2.45, 2.75) is 23.1 Å². The maximum absolute atomic E-state index is 13.0. The molecule has 0 spiro atoms. The fourth-order valence-electron chi connectivity index (χ4n) is 3.00. The monoisotopic (exact) mass is 453 g/mol. The zero-order valence-electron chi connectivity index (χ0n) is 17.2. The second kappa shape index (κ2) is 8.91. The van der Waals surface area contributed by atoms with Crippen LogP contribution in [0.1, 0.15) is 28.9 Å². The van der Waals surface area contributed by atoms with E-state index in [1.165, 1.54) is 18.1 Å². The van der Waals surface area contributed by atoms with Gasteiger partial charge in [-0.2, -0.15) is 5.10 Å². The number of aromatic nitrogens is 6. The normalized spacial score (nSPS) is 12.0. The number of hydrogen-bond donors (Lipinski definition) is 0. The number of carbonyl (C=O) groups is 1. The third kappa shape index (κ3) is 4.47. The standard InChI is InChI=1S/C21H20ClN7OS/c1-14(15-4-6-17(7-5-15)29-13-23-12-26-29)28(3)20(30)16-10-18(22)19(25-11-16)31-21-24-8-9-27(21)2/h4-14H,1-3H3/t14-/m1/s1. The van der Waals surface area contributed by atoms with E-state index in [-0.39, 0.29) is 11.9 Å². The van der Waals surface area contributed by atoms with Crippen molar-refractivity contribution in [2.75, 3.05) is 7.05 Å². The lowest BCUT2D eigenvalue weighted by atomic mass is 10.1. The van der Waals surface area contributed by atoms with Gasteiger partial charge < -0.3 is 9.47 Å². The minimum absolute atomic E-state index is 0.141. The smallest absolute Gasteiger partial charge is 0.255 e. The van der Waals surface area contributed by atoms with Crippen LogP contribution in [0.25, 0.3) is 5.69 Å². The van der Waals surface area contributed by atoms with Crippen molar-refractivity contribution >= 4 is 29.3 Å². The van der Waals surface area contributed by atoms with Crippen molar-refractivity contribution in [3.63, 3.8) is 0 Å². The molecule has 1 aromatic carbocycles. The molecule has 4 aromatic rings. The molecule has 0 aliphatic rings. The van der Waals surface area contributed by atoms with Crippen LogP contribution >= 0.6 is 23.4 Å². The van der Waals surface area contributed by atoms with Gasteiger partial charge in [0.15, 0.2) is 5.16 Å². The molecule has 31 heavy (non-hydrogen) atoms. The first-order valence-electron chi connectivity index (χ1n) is 9.47. The molecular formula is C21H20ClN7OS. The van der Waals surface area contributed by atoms with Gasteiger partial charge in [-0.1, -0.05) is 23.7 Å². The van der Waals surface area contributed by atoms with Crippen molar-refractivity contribution in [3.8, 4) is 5.69 Å². The van der Waals surface area contributed by atoms with Crippen LogP contribution < -0.4 is 0 Å². The molecule has 1 atom stereocenters. The topological polar surface area (TPSA) is 81.7 Å². The van der Waals surface area contributed by atoms with Crippen LogP contribution in [0.2, 0.25) is 5.02 Å². The molecule has 4 rings (SSSR count). The van der Waals surface area contributed by atoms with Crippen LogP contribution in [0.5, 0.6) is 0 Å². The van der Waals surface area contributed by atoms with Crippen molar-refractivity contribution in [2.24, 2.45) is 7.05 Å². The van der Waals surface area contributed by atoms with Crippen molar-refractivity contribution in [1.82, 2.24) is 34.2 Å². The number of benzene rings is 1. The number of aryl methyl sites for hydroxylation is 1. The Kier molecular flexibility index (Phi) is 6.06. The quantitative estimate of drug-likeness (QED) is 0.438. The molecule has 8 nitrogen and oxygen atoms in total. The van der Waals surface area contributed by atoms with Gasteiger partial charge in [-0.25, -0.2) is 19.6 Å². The fraction of sp³-hybridized carbons (Fsp3) is 0.190. The highest BCUT2D eigenvalue weighted by molar-refractivity contribution is 7.99. The van der Waals surface area contributed by atoms with Crippen LogP contribution in [0, 0.1) is 0 Å². The molecule has 3 aromatic heterocycles. The second-order valence-electron chi connectivity index (χ2n) is 6.96. The van der Waals surface area contributed by atoms with E-state index in [1.54, 1.807) is 41.4 Å². The summed E-state index contributed by atoms with van der Waals surface area (Å²) in [6.45, 7) is 1.97. The minimum atomic E-state index is -0.157. The first-order valence-corrected chi connectivity index (χ1v) is 10.7. The number of imidazole rings is 1. The van der Waals surface area contributed by atoms with Gasteiger partial charge in [0.05, 0.1) is 22.3 Å². The summed E-state index contributed by atoms with van der Waals surface area (Å²) in [4.78, 5) is 27.3. The largest absolute Gasteiger partial charge is 0.335 e. The number of pyridine rings is 1. The number of amides is 1. The van der Waals surface area contributed by atoms with Gasteiger partial charge in [-0.15, -0.1) is 0 Å². The van der Waals surface area contributed by atoms with Crippen molar-refractivity contribution < 1.29 is 4.79 Å². The van der Waals surface area contributed by atoms with Gasteiger partial charge in [0, 0.05) is 32.7 Å². The van der Waals surface area contributed by atoms with E-state index in [4.69, 9.17) is 11.6 Å². The van der Waals surface area contributed by atoms with E-state index >= 15 is 0 Å². The van der Waals surface area contributed by atoms with Gasteiger partial charge in [0.25, 0.3) is 5.91 Å². The summed E-state index contributed by atoms with van der Waals surface area (Å²) in [5, 5.41) is 5.91. The summed E-state index contributed by atoms with van der Waals surface area (Å²) in [5.41, 5.74) is 2.34. The third-order valence-electron chi connectivity index (χ3n) is 4.98. The van der Waals surface area contributed by atoms with Gasteiger partial charge in [0.1, 0.15) is 17.7 Å². The Hall–Kier alpha value is -3.17. The molecule has 0 radical (unpaired) electrons. The highest BCUT2D eigenvalue weighted by Crippen LogP contribution is 2.31. The molecule has 0 fully saturated rings. The lowest BCUT2D eigenvalue weighted by Crippen LogP contribution is -2.29. The Morgan fingerprint density at radius 2 is 2.00 bits per heavy atom. The summed E-state index contributed by atoms with van der Waals surface area (Å²) < 4.78 is 3.56. The third-order valence-corrected chi connectivity index (χ3v) is 6.47. The van der Waals surface area contributed by atoms with E-state index < -0.39 is 0 Å². The maximum atomic E-state index is 13.0. The van der Waals surface area contributed by atoms with Crippen LogP contribution in [0.4, 0.5) is 0 Å². The van der Waals surface area contributed by atoms with E-state index in [1.807, 2.05) is 49.0 Å². The maximum Gasteiger partial charge on any atom is 0.255 e. The predicted octanol–water partition coefficient (Wildman–Crippen LogP) is 4.03. The highest BCUT2D eigenvalue weighted by atomic mass is 35.5. The van der Waals surface area contributed by atoms with E-state index in [9.17, 15) is 4.79 Å². The number of halogens is 1. The molecule has 10 heteroatoms. The zero-order valence-corrected chi connectivity index (χ0v) is 18.7. The lowest BCUT2D eigenvalue weighted by molar-refractivity contribution is 0.0742. The molecule has 0 saturated carbocycles. The molecule has 0 aliphatic heterocycles. The molecule has 0 bridgehead atoms. The summed E-state index contributed by atoms with van der Waals surface area (Å²) in [6, 6.07) is 9.35. The Labute approximate surface area is 188 Å². The van der Waals surface area contributed by atoms with Crippen LogP contribution in [-0.4, -0.2) is 47.2 Å². The average molecular weight is 454 g/mol. The molecule has 3 heterocycles. The molecule has 158 valence electrons. The summed E-state index contributed by atoms with van der Waals surface area (Å²) in [6.07, 6.45) is 8.24. The van der Waals surface area contributed by atoms with E-state index in [0.29, 0.717) is 15.6 Å². The number of rotatable bonds is 6. The molecule has 0 saturated heterocycles. The Morgan fingerprint density at radius 1 is 1.23 bits per heavy atom. The molecule has 0 unspecified atom stereocenters. The predicted molar refractivity (Wildman–Crippen MR) is 118 cm³/mol. The van der Waals surface area contributed by atoms with E-state index in [0.717, 1.165) is 16.4 Å². The first kappa shape index (κ1) is 21.1. The zero-order chi connectivity index (χ0) is 22.0. The van der Waals surface area contributed by atoms with Gasteiger partial charge in [-0.05, 0) is 42.4 Å². The van der Waals surface area contributed by atoms with E-state index in [2.05, 4.69) is 20.1 Å². The Balaban J connectivity index is 1.48. The lowest BCUT2D eigenvalue weighted by Gasteiger charge is -2.25. The van der Waals surface area contributed by atoms with Gasteiger partial charge >= 0.3 is 0 Å². The van der Waals surface area contributed by atoms with Crippen LogP contribution in [-0.2, 0) is 7.05 Å². The minimum Gasteiger partial charge on any atom is -0.335 e. The molecule has 1 amide bonds. The molecule has 0 N–H and O–H groups in total. The molecular weight excluding hydrogens is 434 g/mol. The SMILES string of the molecule is C[C@H](c1ccc(-n2cncn2)cc1)N(C)C(=O)c1cnc(Sc2nccn2C)c(Cl)c1. The number of hydrogen-bond acceptors (Lipinski definition) is 6. The van der Waals surface area contributed by atoms with Gasteiger partial charge in [-0.3, -0.25) is 4.79 Å². The second-order valence-corrected chi connectivity index (χ2v) is 8.32. The Morgan fingerprint density at radius 3 is 2.61 bits per heavy atom. The Bertz CT molecular complexity index is 1190. The fourth-order valence-corrected chi connectivity index (χ4v) is 4.04. The van der Waals surface area contributed by atoms with Crippen LogP contribution in [0.15, 0.2) is 71.8 Å². The highest BCUT2D eigenvalue weighted by Gasteiger charge is 2.21. The van der Waals surface area contributed by atoms with Gasteiger partial charge in [0.2, 0.25) is 0 Å². The van der Waals surface area contributed by atoms with Crippen molar-refractivity contribution in [3.05, 3.63) is 77.7 Å². The summed E-state index contributed by atoms with van der Waals surface area (Å²) >= 11 is 7.76. The average Bonchev–Trinajstić information content (AvgIpc) is 3.46. The van der Waals surface area contributed by atoms with Crippen LogP contribution in [0.3, 0.4) is 0 Å². The first-order chi connectivity index (χ1) is 14.9. The van der Waals surface area contributed by atoms with Crippen molar-refractivity contribution in [1.29, 1.82) is 0 Å². The summed E-state index contributed by atoms with van der Waals surface area (Å²) in [7, 11) is 3.67. The number of nitrogens with zero attached hydrogens (tertiary/aromatic N) is 7. The number of carbonyl (C=O) groups excluding carboxylic acids is 1. The summed E-state index contributed by atoms with van der Waals surface area (Å²) in [5.74, 6) is -0.157.